The van der Waals surface area contributed by atoms with E-state index in [9.17, 15) is 4.79 Å². The van der Waals surface area contributed by atoms with Crippen LogP contribution in [0.5, 0.6) is 0 Å². The van der Waals surface area contributed by atoms with E-state index in [0.29, 0.717) is 10.6 Å². The fourth-order valence-electron chi connectivity index (χ4n) is 2.53. The van der Waals surface area contributed by atoms with Crippen LogP contribution in [-0.2, 0) is 0 Å². The van der Waals surface area contributed by atoms with E-state index in [2.05, 4.69) is 24.5 Å². The van der Waals surface area contributed by atoms with Gasteiger partial charge in [0.15, 0.2) is 0 Å². The summed E-state index contributed by atoms with van der Waals surface area (Å²) in [6.45, 7) is 5.99. The molecule has 1 amide bonds. The maximum absolute atomic E-state index is 12.8. The first kappa shape index (κ1) is 17.5. The number of amides is 1. The first-order chi connectivity index (χ1) is 10.9. The van der Waals surface area contributed by atoms with Crippen LogP contribution in [0.25, 0.3) is 0 Å². The van der Waals surface area contributed by atoms with E-state index in [1.807, 2.05) is 44.3 Å². The van der Waals surface area contributed by atoms with E-state index in [1.54, 1.807) is 18.2 Å². The minimum absolute atomic E-state index is 0.123. The summed E-state index contributed by atoms with van der Waals surface area (Å²) in [6, 6.07) is 15.2. The van der Waals surface area contributed by atoms with Gasteiger partial charge >= 0.3 is 0 Å². The van der Waals surface area contributed by atoms with Crippen LogP contribution >= 0.6 is 11.6 Å². The Morgan fingerprint density at radius 3 is 2.35 bits per heavy atom. The molecule has 0 bridgehead atoms. The Kier molecular flexibility index (Phi) is 5.45. The second-order valence-electron chi connectivity index (χ2n) is 6.20. The van der Waals surface area contributed by atoms with Crippen LogP contribution in [0.4, 0.5) is 0 Å². The van der Waals surface area contributed by atoms with E-state index < -0.39 is 0 Å². The van der Waals surface area contributed by atoms with Crippen LogP contribution in [0, 0.1) is 6.92 Å². The third-order valence-electron chi connectivity index (χ3n) is 4.29. The number of carbonyl (C=O) groups excluding carboxylic acids is 1. The zero-order valence-electron chi connectivity index (χ0n) is 14.0. The Morgan fingerprint density at radius 1 is 1.09 bits per heavy atom. The Labute approximate surface area is 143 Å². The topological polar surface area (TPSA) is 41.1 Å². The van der Waals surface area contributed by atoms with Gasteiger partial charge in [-0.2, -0.15) is 0 Å². The molecule has 0 spiro atoms. The number of carbonyl (C=O) groups is 1. The lowest BCUT2D eigenvalue weighted by Gasteiger charge is -2.35. The lowest BCUT2D eigenvalue weighted by Crippen LogP contribution is -2.50. The Bertz CT molecular complexity index is 683. The normalized spacial score (nSPS) is 12.7. The molecule has 0 aliphatic carbocycles. The van der Waals surface area contributed by atoms with Gasteiger partial charge in [-0.3, -0.25) is 4.79 Å². The van der Waals surface area contributed by atoms with Crippen molar-refractivity contribution in [3.63, 3.8) is 0 Å². The minimum atomic E-state index is -0.302. The van der Waals surface area contributed by atoms with Gasteiger partial charge in [0.1, 0.15) is 0 Å². The average Bonchev–Trinajstić information content (AvgIpc) is 2.55. The zero-order chi connectivity index (χ0) is 17.0. The molecule has 2 aromatic carbocycles. The molecule has 0 fully saturated rings. The van der Waals surface area contributed by atoms with E-state index in [0.717, 1.165) is 11.1 Å². The fraction of sp³-hybridized carbons (Fsp3) is 0.316. The van der Waals surface area contributed by atoms with Crippen molar-refractivity contribution < 1.29 is 4.79 Å². The highest BCUT2D eigenvalue weighted by Gasteiger charge is 2.31. The number of halogens is 1. The van der Waals surface area contributed by atoms with Crippen LogP contribution < -0.4 is 10.6 Å². The van der Waals surface area contributed by atoms with Crippen molar-refractivity contribution in [2.24, 2.45) is 0 Å². The third kappa shape index (κ3) is 3.92. The predicted octanol–water partition coefficient (Wildman–Crippen LogP) is 4.12. The van der Waals surface area contributed by atoms with Crippen molar-refractivity contribution in [2.45, 2.75) is 32.4 Å². The Morgan fingerprint density at radius 2 is 1.74 bits per heavy atom. The van der Waals surface area contributed by atoms with Crippen molar-refractivity contribution in [1.82, 2.24) is 10.6 Å². The molecule has 0 radical (unpaired) electrons. The smallest absolute Gasteiger partial charge is 0.252 e. The number of rotatable bonds is 5. The lowest BCUT2D eigenvalue weighted by atomic mass is 9.88. The number of benzene rings is 2. The molecule has 2 aromatic rings. The summed E-state index contributed by atoms with van der Waals surface area (Å²) >= 11 is 6.14. The zero-order valence-corrected chi connectivity index (χ0v) is 14.7. The maximum Gasteiger partial charge on any atom is 0.252 e. The van der Waals surface area contributed by atoms with E-state index in [4.69, 9.17) is 11.6 Å². The molecule has 0 aromatic heterocycles. The minimum Gasteiger partial charge on any atom is -0.343 e. The number of hydrogen-bond acceptors (Lipinski definition) is 2. The van der Waals surface area contributed by atoms with Gasteiger partial charge in [-0.05, 0) is 51.1 Å². The molecule has 23 heavy (non-hydrogen) atoms. The summed E-state index contributed by atoms with van der Waals surface area (Å²) < 4.78 is 0. The summed E-state index contributed by atoms with van der Waals surface area (Å²) in [5.74, 6) is -0.123. The first-order valence-electron chi connectivity index (χ1n) is 7.66. The monoisotopic (exact) mass is 330 g/mol. The summed E-state index contributed by atoms with van der Waals surface area (Å²) in [5.41, 5.74) is 2.15. The van der Waals surface area contributed by atoms with E-state index in [-0.39, 0.29) is 17.5 Å². The summed E-state index contributed by atoms with van der Waals surface area (Å²) in [6.07, 6.45) is 0. The van der Waals surface area contributed by atoms with Gasteiger partial charge in [0.25, 0.3) is 5.91 Å². The Hall–Kier alpha value is -1.84. The SMILES string of the molecule is CNC(C)(C)C(NC(=O)c1cccc(Cl)c1C)c1ccccc1. The highest BCUT2D eigenvalue weighted by Crippen LogP contribution is 2.26. The van der Waals surface area contributed by atoms with E-state index in [1.165, 1.54) is 0 Å². The summed E-state index contributed by atoms with van der Waals surface area (Å²) in [5, 5.41) is 7.03. The predicted molar refractivity (Wildman–Crippen MR) is 96.0 cm³/mol. The van der Waals surface area contributed by atoms with Crippen molar-refractivity contribution in [3.8, 4) is 0 Å². The van der Waals surface area contributed by atoms with E-state index >= 15 is 0 Å². The molecule has 0 saturated heterocycles. The van der Waals surface area contributed by atoms with Crippen LogP contribution in [0.3, 0.4) is 0 Å². The molecule has 0 heterocycles. The highest BCUT2D eigenvalue weighted by molar-refractivity contribution is 6.31. The standard InChI is InChI=1S/C19H23ClN2O/c1-13-15(11-8-12-16(13)20)18(23)22-17(19(2,3)21-4)14-9-6-5-7-10-14/h5-12,17,21H,1-4H3,(H,22,23). The molecular weight excluding hydrogens is 308 g/mol. The molecule has 2 N–H and O–H groups in total. The van der Waals surface area contributed by atoms with Crippen molar-refractivity contribution in [3.05, 3.63) is 70.2 Å². The quantitative estimate of drug-likeness (QED) is 0.866. The summed E-state index contributed by atoms with van der Waals surface area (Å²) in [7, 11) is 1.90. The molecule has 4 heteroatoms. The third-order valence-corrected chi connectivity index (χ3v) is 4.70. The second-order valence-corrected chi connectivity index (χ2v) is 6.61. The molecule has 1 unspecified atom stereocenters. The number of nitrogens with one attached hydrogen (secondary N) is 2. The second kappa shape index (κ2) is 7.16. The van der Waals surface area contributed by atoms with Crippen molar-refractivity contribution >= 4 is 17.5 Å². The molecule has 1 atom stereocenters. The molecule has 0 aliphatic heterocycles. The van der Waals surface area contributed by atoms with Crippen LogP contribution in [0.15, 0.2) is 48.5 Å². The van der Waals surface area contributed by atoms with Gasteiger partial charge in [0, 0.05) is 16.1 Å². The maximum atomic E-state index is 12.8. The average molecular weight is 331 g/mol. The molecule has 0 saturated carbocycles. The van der Waals surface area contributed by atoms with Gasteiger partial charge in [0.05, 0.1) is 6.04 Å². The van der Waals surface area contributed by atoms with Gasteiger partial charge in [0.2, 0.25) is 0 Å². The van der Waals surface area contributed by atoms with Crippen LogP contribution in [0.1, 0.15) is 41.4 Å². The number of likely N-dealkylation sites (N-methyl/N-ethyl adjacent to an activating group) is 1. The van der Waals surface area contributed by atoms with Gasteiger partial charge in [-0.1, -0.05) is 48.0 Å². The number of hydrogen-bond donors (Lipinski definition) is 2. The molecule has 122 valence electrons. The van der Waals surface area contributed by atoms with Crippen LogP contribution in [0.2, 0.25) is 5.02 Å². The Balaban J connectivity index is 2.35. The molecular formula is C19H23ClN2O. The first-order valence-corrected chi connectivity index (χ1v) is 8.04. The molecule has 3 nitrogen and oxygen atoms in total. The van der Waals surface area contributed by atoms with Gasteiger partial charge < -0.3 is 10.6 Å². The fourth-order valence-corrected chi connectivity index (χ4v) is 2.71. The highest BCUT2D eigenvalue weighted by atomic mass is 35.5. The summed E-state index contributed by atoms with van der Waals surface area (Å²) in [4.78, 5) is 12.8. The van der Waals surface area contributed by atoms with Crippen molar-refractivity contribution in [1.29, 1.82) is 0 Å². The van der Waals surface area contributed by atoms with Gasteiger partial charge in [-0.15, -0.1) is 0 Å². The molecule has 0 aliphatic rings. The van der Waals surface area contributed by atoms with Crippen molar-refractivity contribution in [2.75, 3.05) is 7.05 Å². The molecule has 2 rings (SSSR count). The van der Waals surface area contributed by atoms with Gasteiger partial charge in [-0.25, -0.2) is 0 Å². The van der Waals surface area contributed by atoms with Crippen LogP contribution in [-0.4, -0.2) is 18.5 Å². The lowest BCUT2D eigenvalue weighted by molar-refractivity contribution is 0.0911. The largest absolute Gasteiger partial charge is 0.343 e.